The number of hydrogen-bond acceptors (Lipinski definition) is 7. The van der Waals surface area contributed by atoms with Crippen molar-refractivity contribution in [2.75, 3.05) is 19.8 Å². The summed E-state index contributed by atoms with van der Waals surface area (Å²) in [5.74, 6) is -2.32. The van der Waals surface area contributed by atoms with Crippen LogP contribution in [-0.2, 0) is 39.6 Å². The lowest BCUT2D eigenvalue weighted by Crippen LogP contribution is -2.69. The highest BCUT2D eigenvalue weighted by Crippen LogP contribution is 2.44. The standard InChI is InChI=1S/C37H38ClF6N3O5S/c1-2-5-30-35(52-26-19-31(53-21-26)37(42,43)44,11-4-13-46(30)33(49)32-27(36(39,40)41)6-3-12-45-32)34(50)47-20-23-7-8-25(38)17-24(23)18-28(47)29(48)16-22-9-14-51-15-10-22/h3,6-8,12,17,19,21-22,28,30H,2,4-5,9-11,13-16,18,20H2,1H3/t28-,30-,35+/m1/s1. The maximum absolute atomic E-state index is 15.4. The molecule has 5 heterocycles. The van der Waals surface area contributed by atoms with Crippen molar-refractivity contribution in [2.45, 2.75) is 94.9 Å². The van der Waals surface area contributed by atoms with Crippen molar-refractivity contribution in [1.82, 2.24) is 14.8 Å². The summed E-state index contributed by atoms with van der Waals surface area (Å²) in [6, 6.07) is 5.44. The van der Waals surface area contributed by atoms with Gasteiger partial charge in [0, 0.05) is 68.2 Å². The van der Waals surface area contributed by atoms with Gasteiger partial charge in [0.15, 0.2) is 5.78 Å². The van der Waals surface area contributed by atoms with Gasteiger partial charge in [-0.05, 0) is 67.0 Å². The number of rotatable bonds is 9. The number of nitrogens with zero attached hydrogens (tertiary/aromatic N) is 3. The minimum atomic E-state index is -4.93. The number of pyridine rings is 1. The number of benzene rings is 1. The van der Waals surface area contributed by atoms with Crippen LogP contribution in [0.3, 0.4) is 0 Å². The van der Waals surface area contributed by atoms with Crippen molar-refractivity contribution in [2.24, 2.45) is 5.92 Å². The van der Waals surface area contributed by atoms with E-state index in [1.807, 2.05) is 0 Å². The number of thiophene rings is 1. The summed E-state index contributed by atoms with van der Waals surface area (Å²) in [6.07, 6.45) is -6.65. The van der Waals surface area contributed by atoms with Gasteiger partial charge in [0.2, 0.25) is 5.60 Å². The van der Waals surface area contributed by atoms with Gasteiger partial charge < -0.3 is 19.3 Å². The Hall–Kier alpha value is -3.69. The number of amides is 2. The van der Waals surface area contributed by atoms with E-state index in [1.54, 1.807) is 25.1 Å². The van der Waals surface area contributed by atoms with Crippen LogP contribution in [0.4, 0.5) is 26.3 Å². The third-order valence-corrected chi connectivity index (χ3v) is 11.5. The molecule has 3 aliphatic rings. The molecule has 3 aliphatic heterocycles. The summed E-state index contributed by atoms with van der Waals surface area (Å²) in [7, 11) is 0. The minimum absolute atomic E-state index is 0.0163. The van der Waals surface area contributed by atoms with E-state index in [-0.39, 0.29) is 62.6 Å². The Kier molecular flexibility index (Phi) is 11.5. The molecule has 53 heavy (non-hydrogen) atoms. The molecule has 0 spiro atoms. The summed E-state index contributed by atoms with van der Waals surface area (Å²) in [5, 5.41) is 1.55. The molecular weight excluding hydrogens is 748 g/mol. The third-order valence-electron chi connectivity index (χ3n) is 10.3. The monoisotopic (exact) mass is 785 g/mol. The second-order valence-electron chi connectivity index (χ2n) is 13.7. The van der Waals surface area contributed by atoms with E-state index in [4.69, 9.17) is 21.1 Å². The van der Waals surface area contributed by atoms with Crippen LogP contribution in [-0.4, -0.2) is 69.8 Å². The first kappa shape index (κ1) is 39.0. The number of fused-ring (bicyclic) bond motifs is 1. The summed E-state index contributed by atoms with van der Waals surface area (Å²) in [6.45, 7) is 2.61. The molecule has 1 aromatic carbocycles. The molecule has 0 N–H and O–H groups in total. The summed E-state index contributed by atoms with van der Waals surface area (Å²) in [4.78, 5) is 49.2. The Morgan fingerprint density at radius 3 is 2.47 bits per heavy atom. The Bertz CT molecular complexity index is 1830. The number of hydrogen-bond donors (Lipinski definition) is 0. The number of ether oxygens (including phenoxy) is 2. The maximum atomic E-state index is 15.4. The number of piperidine rings is 1. The van der Waals surface area contributed by atoms with Gasteiger partial charge in [0.05, 0.1) is 17.6 Å². The molecule has 0 saturated carbocycles. The van der Waals surface area contributed by atoms with Crippen molar-refractivity contribution >= 4 is 40.5 Å². The van der Waals surface area contributed by atoms with Crippen LogP contribution < -0.4 is 4.74 Å². The van der Waals surface area contributed by atoms with Gasteiger partial charge in [-0.15, -0.1) is 11.3 Å². The quantitative estimate of drug-likeness (QED) is 0.203. The van der Waals surface area contributed by atoms with Crippen LogP contribution in [0.2, 0.25) is 5.02 Å². The Morgan fingerprint density at radius 2 is 1.79 bits per heavy atom. The van der Waals surface area contributed by atoms with Gasteiger partial charge in [0.1, 0.15) is 16.3 Å². The van der Waals surface area contributed by atoms with Gasteiger partial charge in [-0.25, -0.2) is 0 Å². The first-order chi connectivity index (χ1) is 25.1. The fraction of sp³-hybridized carbons (Fsp3) is 0.514. The molecule has 3 aromatic rings. The molecule has 286 valence electrons. The second kappa shape index (κ2) is 15.6. The van der Waals surface area contributed by atoms with Gasteiger partial charge in [-0.3, -0.25) is 19.4 Å². The van der Waals surface area contributed by atoms with Crippen molar-refractivity contribution in [1.29, 1.82) is 0 Å². The Labute approximate surface area is 311 Å². The fourth-order valence-electron chi connectivity index (χ4n) is 7.74. The van der Waals surface area contributed by atoms with Crippen LogP contribution in [0.1, 0.15) is 83.9 Å². The van der Waals surface area contributed by atoms with Crippen molar-refractivity contribution in [3.8, 4) is 5.75 Å². The molecule has 0 unspecified atom stereocenters. The average Bonchev–Trinajstić information content (AvgIpc) is 3.60. The number of carbonyl (C=O) groups excluding carboxylic acids is 3. The normalized spacial score (nSPS) is 22.7. The van der Waals surface area contributed by atoms with Crippen LogP contribution >= 0.6 is 22.9 Å². The molecule has 2 aromatic heterocycles. The number of Topliss-reactive ketones (excluding diaryl/α,β-unsaturated/α-hetero) is 1. The fourth-order valence-corrected chi connectivity index (χ4v) is 8.61. The lowest BCUT2D eigenvalue weighted by molar-refractivity contribution is -0.165. The number of carbonyl (C=O) groups is 3. The Morgan fingerprint density at radius 1 is 1.04 bits per heavy atom. The highest BCUT2D eigenvalue weighted by Gasteiger charge is 2.57. The molecule has 2 saturated heterocycles. The number of aromatic nitrogens is 1. The highest BCUT2D eigenvalue weighted by atomic mass is 35.5. The second-order valence-corrected chi connectivity index (χ2v) is 15.1. The lowest BCUT2D eigenvalue weighted by Gasteiger charge is -2.51. The van der Waals surface area contributed by atoms with E-state index in [2.05, 4.69) is 4.98 Å². The van der Waals surface area contributed by atoms with E-state index >= 15 is 4.79 Å². The number of likely N-dealkylation sites (tertiary alicyclic amines) is 1. The topological polar surface area (TPSA) is 89.0 Å². The SMILES string of the molecule is CCC[C@H]1N(C(=O)c2ncccc2C(F)(F)F)CCC[C@@]1(Oc1csc(C(F)(F)F)c1)C(=O)N1Cc2ccc(Cl)cc2C[C@@H]1C(=O)CC1CCOCC1. The molecular formula is C37H38ClF6N3O5S. The molecule has 0 bridgehead atoms. The van der Waals surface area contributed by atoms with Gasteiger partial charge in [-0.1, -0.05) is 31.0 Å². The zero-order valence-electron chi connectivity index (χ0n) is 28.8. The zero-order valence-corrected chi connectivity index (χ0v) is 30.3. The van der Waals surface area contributed by atoms with Gasteiger partial charge >= 0.3 is 12.4 Å². The smallest absolute Gasteiger partial charge is 0.425 e. The van der Waals surface area contributed by atoms with E-state index in [0.29, 0.717) is 54.4 Å². The minimum Gasteiger partial charge on any atom is -0.474 e. The number of halogens is 7. The summed E-state index contributed by atoms with van der Waals surface area (Å²) < 4.78 is 95.6. The van der Waals surface area contributed by atoms with Crippen molar-refractivity contribution in [3.63, 3.8) is 0 Å². The molecule has 2 fully saturated rings. The summed E-state index contributed by atoms with van der Waals surface area (Å²) in [5.41, 5.74) is -2.76. The molecule has 0 radical (unpaired) electrons. The van der Waals surface area contributed by atoms with Crippen LogP contribution in [0.15, 0.2) is 48.0 Å². The predicted molar refractivity (Wildman–Crippen MR) is 184 cm³/mol. The van der Waals surface area contributed by atoms with E-state index in [1.165, 1.54) is 4.90 Å². The van der Waals surface area contributed by atoms with Gasteiger partial charge in [-0.2, -0.15) is 26.3 Å². The summed E-state index contributed by atoms with van der Waals surface area (Å²) >= 11 is 6.69. The molecule has 2 amide bonds. The zero-order chi connectivity index (χ0) is 38.1. The third kappa shape index (κ3) is 8.21. The van der Waals surface area contributed by atoms with Crippen molar-refractivity contribution in [3.05, 3.63) is 80.3 Å². The van der Waals surface area contributed by atoms with Crippen LogP contribution in [0, 0.1) is 5.92 Å². The molecule has 8 nitrogen and oxygen atoms in total. The first-order valence-corrected chi connectivity index (χ1v) is 18.7. The van der Waals surface area contributed by atoms with E-state index in [9.17, 15) is 35.9 Å². The van der Waals surface area contributed by atoms with Crippen LogP contribution in [0.5, 0.6) is 5.75 Å². The van der Waals surface area contributed by atoms with E-state index in [0.717, 1.165) is 40.2 Å². The molecule has 16 heteroatoms. The Balaban J connectivity index is 1.46. The van der Waals surface area contributed by atoms with E-state index < -0.39 is 58.0 Å². The largest absolute Gasteiger partial charge is 0.474 e. The van der Waals surface area contributed by atoms with Crippen molar-refractivity contribution < 1.29 is 50.2 Å². The number of alkyl halides is 6. The van der Waals surface area contributed by atoms with Gasteiger partial charge in [0.25, 0.3) is 11.8 Å². The maximum Gasteiger partial charge on any atom is 0.425 e. The average molecular weight is 786 g/mol. The highest BCUT2D eigenvalue weighted by molar-refractivity contribution is 7.10. The molecule has 0 aliphatic carbocycles. The predicted octanol–water partition coefficient (Wildman–Crippen LogP) is 8.40. The molecule has 3 atom stereocenters. The molecule has 6 rings (SSSR count). The first-order valence-electron chi connectivity index (χ1n) is 17.5. The van der Waals surface area contributed by atoms with Crippen LogP contribution in [0.25, 0.3) is 0 Å². The number of ketones is 1. The lowest BCUT2D eigenvalue weighted by atomic mass is 9.78.